The van der Waals surface area contributed by atoms with Crippen LogP contribution in [0.5, 0.6) is 0 Å². The molecule has 1 unspecified atom stereocenters. The third kappa shape index (κ3) is 4.58. The molecule has 1 heterocycles. The highest BCUT2D eigenvalue weighted by molar-refractivity contribution is 5.70. The van der Waals surface area contributed by atoms with Gasteiger partial charge in [-0.05, 0) is 20.3 Å². The standard InChI is InChI=1S/C10H18O4/c1-8(2)14-10(11)7-13-6-9-3-4-12-5-9/h8-9H,3-7H2,1-2H3. The molecule has 1 fully saturated rings. The molecule has 0 aromatic heterocycles. The summed E-state index contributed by atoms with van der Waals surface area (Å²) in [5.74, 6) is 0.153. The van der Waals surface area contributed by atoms with E-state index < -0.39 is 0 Å². The smallest absolute Gasteiger partial charge is 0.332 e. The first-order chi connectivity index (χ1) is 6.68. The van der Waals surface area contributed by atoms with Gasteiger partial charge < -0.3 is 14.2 Å². The van der Waals surface area contributed by atoms with Crippen molar-refractivity contribution in [2.24, 2.45) is 5.92 Å². The van der Waals surface area contributed by atoms with Crippen LogP contribution in [0.4, 0.5) is 0 Å². The van der Waals surface area contributed by atoms with E-state index in [9.17, 15) is 4.79 Å². The van der Waals surface area contributed by atoms with Gasteiger partial charge in [-0.15, -0.1) is 0 Å². The Morgan fingerprint density at radius 3 is 2.93 bits per heavy atom. The maximum absolute atomic E-state index is 11.0. The summed E-state index contributed by atoms with van der Waals surface area (Å²) in [6, 6.07) is 0. The summed E-state index contributed by atoms with van der Waals surface area (Å²) in [6.45, 7) is 5.84. The van der Waals surface area contributed by atoms with E-state index in [2.05, 4.69) is 0 Å². The van der Waals surface area contributed by atoms with Gasteiger partial charge in [-0.1, -0.05) is 0 Å². The molecular weight excluding hydrogens is 184 g/mol. The Hall–Kier alpha value is -0.610. The van der Waals surface area contributed by atoms with Gasteiger partial charge in [0.15, 0.2) is 0 Å². The molecule has 0 radical (unpaired) electrons. The summed E-state index contributed by atoms with van der Waals surface area (Å²) in [5.41, 5.74) is 0. The summed E-state index contributed by atoms with van der Waals surface area (Å²) in [6.07, 6.45) is 0.958. The molecule has 4 nitrogen and oxygen atoms in total. The molecule has 0 N–H and O–H groups in total. The molecule has 0 aromatic carbocycles. The van der Waals surface area contributed by atoms with Gasteiger partial charge in [0.25, 0.3) is 0 Å². The molecule has 4 heteroatoms. The maximum atomic E-state index is 11.0. The first-order valence-electron chi connectivity index (χ1n) is 5.03. The topological polar surface area (TPSA) is 44.8 Å². The second kappa shape index (κ2) is 5.98. The zero-order valence-corrected chi connectivity index (χ0v) is 8.82. The molecule has 1 saturated heterocycles. The molecule has 1 aliphatic rings. The molecule has 0 bridgehead atoms. The predicted octanol–water partition coefficient (Wildman–Crippen LogP) is 0.991. The molecule has 14 heavy (non-hydrogen) atoms. The van der Waals surface area contributed by atoms with Gasteiger partial charge in [-0.25, -0.2) is 4.79 Å². The van der Waals surface area contributed by atoms with Crippen LogP contribution < -0.4 is 0 Å². The van der Waals surface area contributed by atoms with Crippen LogP contribution >= 0.6 is 0 Å². The number of ether oxygens (including phenoxy) is 3. The Bertz CT molecular complexity index is 173. The molecule has 82 valence electrons. The zero-order valence-electron chi connectivity index (χ0n) is 8.82. The maximum Gasteiger partial charge on any atom is 0.332 e. The van der Waals surface area contributed by atoms with Crippen molar-refractivity contribution in [3.8, 4) is 0 Å². The van der Waals surface area contributed by atoms with E-state index in [1.807, 2.05) is 13.8 Å². The van der Waals surface area contributed by atoms with Gasteiger partial charge in [-0.2, -0.15) is 0 Å². The van der Waals surface area contributed by atoms with Gasteiger partial charge in [0.2, 0.25) is 0 Å². The molecule has 0 saturated carbocycles. The SMILES string of the molecule is CC(C)OC(=O)COCC1CCOC1. The quantitative estimate of drug-likeness (QED) is 0.624. The van der Waals surface area contributed by atoms with Gasteiger partial charge in [0, 0.05) is 12.5 Å². The Balaban J connectivity index is 1.99. The minimum Gasteiger partial charge on any atom is -0.461 e. The van der Waals surface area contributed by atoms with Crippen LogP contribution in [0.1, 0.15) is 20.3 Å². The van der Waals surface area contributed by atoms with E-state index in [-0.39, 0.29) is 18.7 Å². The molecular formula is C10H18O4. The van der Waals surface area contributed by atoms with Crippen molar-refractivity contribution in [1.29, 1.82) is 0 Å². The monoisotopic (exact) mass is 202 g/mol. The van der Waals surface area contributed by atoms with E-state index >= 15 is 0 Å². The first kappa shape index (κ1) is 11.5. The van der Waals surface area contributed by atoms with E-state index in [1.165, 1.54) is 0 Å². The van der Waals surface area contributed by atoms with E-state index in [1.54, 1.807) is 0 Å². The highest BCUT2D eigenvalue weighted by Crippen LogP contribution is 2.12. The minimum atomic E-state index is -0.293. The lowest BCUT2D eigenvalue weighted by molar-refractivity contribution is -0.153. The Kier molecular flexibility index (Phi) is 4.90. The van der Waals surface area contributed by atoms with Crippen molar-refractivity contribution in [3.63, 3.8) is 0 Å². The number of carbonyl (C=O) groups is 1. The summed E-state index contributed by atoms with van der Waals surface area (Å²) in [7, 11) is 0. The predicted molar refractivity (Wildman–Crippen MR) is 51.0 cm³/mol. The third-order valence-corrected chi connectivity index (χ3v) is 1.96. The first-order valence-corrected chi connectivity index (χ1v) is 5.03. The third-order valence-electron chi connectivity index (χ3n) is 1.96. The largest absolute Gasteiger partial charge is 0.461 e. The molecule has 0 aliphatic carbocycles. The van der Waals surface area contributed by atoms with E-state index in [4.69, 9.17) is 14.2 Å². The fraction of sp³-hybridized carbons (Fsp3) is 0.900. The summed E-state index contributed by atoms with van der Waals surface area (Å²) < 4.78 is 15.3. The van der Waals surface area contributed by atoms with Crippen molar-refractivity contribution in [1.82, 2.24) is 0 Å². The van der Waals surface area contributed by atoms with Gasteiger partial charge in [0.05, 0.1) is 19.3 Å². The molecule has 0 aromatic rings. The lowest BCUT2D eigenvalue weighted by Crippen LogP contribution is -2.19. The average molecular weight is 202 g/mol. The highest BCUT2D eigenvalue weighted by Gasteiger charge is 2.16. The van der Waals surface area contributed by atoms with Crippen molar-refractivity contribution >= 4 is 5.97 Å². The van der Waals surface area contributed by atoms with E-state index in [0.29, 0.717) is 12.5 Å². The summed E-state index contributed by atoms with van der Waals surface area (Å²) in [4.78, 5) is 11.0. The Morgan fingerprint density at radius 1 is 1.57 bits per heavy atom. The van der Waals surface area contributed by atoms with Crippen LogP contribution in [-0.2, 0) is 19.0 Å². The molecule has 1 rings (SSSR count). The fourth-order valence-corrected chi connectivity index (χ4v) is 1.32. The zero-order chi connectivity index (χ0) is 10.4. The average Bonchev–Trinajstić information content (AvgIpc) is 2.55. The molecule has 1 atom stereocenters. The summed E-state index contributed by atoms with van der Waals surface area (Å²) in [5, 5.41) is 0. The Labute approximate surface area is 84.5 Å². The molecule has 1 aliphatic heterocycles. The second-order valence-electron chi connectivity index (χ2n) is 3.78. The van der Waals surface area contributed by atoms with Crippen molar-refractivity contribution < 1.29 is 19.0 Å². The number of hydrogen-bond donors (Lipinski definition) is 0. The number of hydrogen-bond acceptors (Lipinski definition) is 4. The van der Waals surface area contributed by atoms with Crippen LogP contribution in [-0.4, -0.2) is 38.5 Å². The summed E-state index contributed by atoms with van der Waals surface area (Å²) >= 11 is 0. The van der Waals surface area contributed by atoms with Crippen molar-refractivity contribution in [2.75, 3.05) is 26.4 Å². The molecule has 0 amide bonds. The molecule has 0 spiro atoms. The van der Waals surface area contributed by atoms with Crippen LogP contribution in [0, 0.1) is 5.92 Å². The number of carbonyl (C=O) groups excluding carboxylic acids is 1. The second-order valence-corrected chi connectivity index (χ2v) is 3.78. The minimum absolute atomic E-state index is 0.0503. The fourth-order valence-electron chi connectivity index (χ4n) is 1.32. The van der Waals surface area contributed by atoms with Crippen LogP contribution in [0.2, 0.25) is 0 Å². The lowest BCUT2D eigenvalue weighted by Gasteiger charge is -2.10. The highest BCUT2D eigenvalue weighted by atomic mass is 16.6. The normalized spacial score (nSPS) is 21.5. The number of esters is 1. The van der Waals surface area contributed by atoms with Gasteiger partial charge in [-0.3, -0.25) is 0 Å². The Morgan fingerprint density at radius 2 is 2.36 bits per heavy atom. The van der Waals surface area contributed by atoms with Gasteiger partial charge in [0.1, 0.15) is 6.61 Å². The van der Waals surface area contributed by atoms with E-state index in [0.717, 1.165) is 19.6 Å². The lowest BCUT2D eigenvalue weighted by atomic mass is 10.1. The van der Waals surface area contributed by atoms with Gasteiger partial charge >= 0.3 is 5.97 Å². The van der Waals surface area contributed by atoms with Crippen molar-refractivity contribution in [3.05, 3.63) is 0 Å². The number of rotatable bonds is 5. The van der Waals surface area contributed by atoms with Crippen LogP contribution in [0.25, 0.3) is 0 Å². The van der Waals surface area contributed by atoms with Crippen LogP contribution in [0.15, 0.2) is 0 Å². The van der Waals surface area contributed by atoms with Crippen LogP contribution in [0.3, 0.4) is 0 Å². The van der Waals surface area contributed by atoms with Crippen molar-refractivity contribution in [2.45, 2.75) is 26.4 Å².